The number of aromatic nitrogens is 1. The number of benzene rings is 1. The van der Waals surface area contributed by atoms with Gasteiger partial charge in [-0.3, -0.25) is 4.98 Å². The number of fused-ring (bicyclic) bond motifs is 1. The van der Waals surface area contributed by atoms with Gasteiger partial charge in [0.25, 0.3) is 5.54 Å². The quantitative estimate of drug-likeness (QED) is 0.658. The summed E-state index contributed by atoms with van der Waals surface area (Å²) in [4.78, 5) is 30.2. The monoisotopic (exact) mass is 352 g/mol. The Kier molecular flexibility index (Phi) is 5.02. The van der Waals surface area contributed by atoms with Crippen molar-refractivity contribution >= 4 is 23.7 Å². The lowest BCUT2D eigenvalue weighted by Gasteiger charge is -2.36. The molecule has 1 aromatic heterocycles. The number of carbonyl (C=O) groups excluding carboxylic acids is 2. The topological polar surface area (TPSA) is 77.5 Å². The number of rotatable bonds is 5. The van der Waals surface area contributed by atoms with Gasteiger partial charge in [-0.1, -0.05) is 30.3 Å². The summed E-state index contributed by atoms with van der Waals surface area (Å²) in [5.74, 6) is -1.40. The zero-order chi connectivity index (χ0) is 18.6. The van der Waals surface area contributed by atoms with E-state index in [0.717, 1.165) is 5.56 Å². The van der Waals surface area contributed by atoms with E-state index in [0.29, 0.717) is 17.0 Å². The van der Waals surface area contributed by atoms with Crippen LogP contribution in [0.1, 0.15) is 30.7 Å². The van der Waals surface area contributed by atoms with Gasteiger partial charge in [0.1, 0.15) is 0 Å². The zero-order valence-electron chi connectivity index (χ0n) is 14.7. The number of carbonyl (C=O) groups is 2. The van der Waals surface area contributed by atoms with Gasteiger partial charge < -0.3 is 14.8 Å². The molecular weight excluding hydrogens is 332 g/mol. The van der Waals surface area contributed by atoms with Crippen molar-refractivity contribution in [2.75, 3.05) is 13.2 Å². The lowest BCUT2D eigenvalue weighted by atomic mass is 9.82. The summed E-state index contributed by atoms with van der Waals surface area (Å²) in [7, 11) is 0. The highest BCUT2D eigenvalue weighted by atomic mass is 16.6. The molecule has 0 bridgehead atoms. The molecule has 0 radical (unpaired) electrons. The second-order valence-electron chi connectivity index (χ2n) is 5.68. The molecule has 1 aliphatic rings. The molecule has 0 fully saturated rings. The Labute approximate surface area is 151 Å². The van der Waals surface area contributed by atoms with Gasteiger partial charge >= 0.3 is 11.9 Å². The lowest BCUT2D eigenvalue weighted by molar-refractivity contribution is -0.166. The zero-order valence-corrected chi connectivity index (χ0v) is 14.7. The molecule has 0 aliphatic carbocycles. The molecule has 3 rings (SSSR count). The third kappa shape index (κ3) is 2.94. The average Bonchev–Trinajstić information content (AvgIpc) is 2.68. The van der Waals surface area contributed by atoms with Crippen LogP contribution in [0.5, 0.6) is 0 Å². The smallest absolute Gasteiger partial charge is 0.348 e. The molecule has 6 nitrogen and oxygen atoms in total. The van der Waals surface area contributed by atoms with E-state index in [4.69, 9.17) is 9.47 Å². The lowest BCUT2D eigenvalue weighted by Crippen LogP contribution is -2.57. The maximum atomic E-state index is 12.9. The molecule has 1 aromatic carbocycles. The minimum atomic E-state index is -1.77. The van der Waals surface area contributed by atoms with E-state index in [9.17, 15) is 9.59 Å². The Bertz CT molecular complexity index is 828. The molecule has 6 heteroatoms. The first-order valence-corrected chi connectivity index (χ1v) is 8.48. The van der Waals surface area contributed by atoms with Crippen molar-refractivity contribution in [3.05, 3.63) is 65.5 Å². The number of hydrogen-bond acceptors (Lipinski definition) is 6. The molecule has 0 amide bonds. The Balaban J connectivity index is 2.21. The van der Waals surface area contributed by atoms with E-state index in [-0.39, 0.29) is 13.2 Å². The van der Waals surface area contributed by atoms with Crippen LogP contribution in [0.4, 0.5) is 0 Å². The molecular formula is C20H20N2O4. The Morgan fingerprint density at radius 1 is 1.00 bits per heavy atom. The summed E-state index contributed by atoms with van der Waals surface area (Å²) < 4.78 is 10.5. The molecule has 2 heterocycles. The molecule has 26 heavy (non-hydrogen) atoms. The maximum absolute atomic E-state index is 12.9. The molecule has 0 atom stereocenters. The van der Waals surface area contributed by atoms with Crippen LogP contribution < -0.4 is 5.32 Å². The van der Waals surface area contributed by atoms with Gasteiger partial charge in [-0.25, -0.2) is 9.59 Å². The van der Waals surface area contributed by atoms with Crippen LogP contribution in [0.2, 0.25) is 0 Å². The minimum absolute atomic E-state index is 0.145. The molecule has 0 saturated carbocycles. The molecule has 0 spiro atoms. The summed E-state index contributed by atoms with van der Waals surface area (Å²) in [5.41, 5.74) is 0.611. The number of nitrogens with zero attached hydrogens (tertiary/aromatic N) is 1. The Morgan fingerprint density at radius 3 is 2.27 bits per heavy atom. The van der Waals surface area contributed by atoms with Gasteiger partial charge in [-0.15, -0.1) is 0 Å². The van der Waals surface area contributed by atoms with Crippen LogP contribution in [0.3, 0.4) is 0 Å². The minimum Gasteiger partial charge on any atom is -0.464 e. The molecule has 2 aromatic rings. The molecule has 1 aliphatic heterocycles. The van der Waals surface area contributed by atoms with Crippen molar-refractivity contribution < 1.29 is 19.1 Å². The van der Waals surface area contributed by atoms with Crippen LogP contribution in [0.15, 0.2) is 48.7 Å². The van der Waals surface area contributed by atoms with E-state index in [1.807, 2.05) is 24.3 Å². The van der Waals surface area contributed by atoms with Crippen LogP contribution in [-0.4, -0.2) is 30.1 Å². The summed E-state index contributed by atoms with van der Waals surface area (Å²) in [5, 5.41) is 3.06. The number of esters is 2. The second-order valence-corrected chi connectivity index (χ2v) is 5.68. The summed E-state index contributed by atoms with van der Waals surface area (Å²) in [6.45, 7) is 3.68. The third-order valence-electron chi connectivity index (χ3n) is 4.09. The first-order chi connectivity index (χ1) is 12.6. The van der Waals surface area contributed by atoms with E-state index < -0.39 is 17.5 Å². The van der Waals surface area contributed by atoms with Gasteiger partial charge in [0, 0.05) is 11.8 Å². The SMILES string of the molecule is CCOC(=O)C1(C(=O)OCC)NC(c2ccccn2)=Cc2ccccc21. The van der Waals surface area contributed by atoms with Crippen molar-refractivity contribution in [3.63, 3.8) is 0 Å². The van der Waals surface area contributed by atoms with Gasteiger partial charge in [0.05, 0.1) is 24.6 Å². The van der Waals surface area contributed by atoms with Crippen LogP contribution in [-0.2, 0) is 24.6 Å². The first kappa shape index (κ1) is 17.7. The van der Waals surface area contributed by atoms with Crippen LogP contribution in [0, 0.1) is 0 Å². The summed E-state index contributed by atoms with van der Waals surface area (Å²) in [6, 6.07) is 12.6. The fourth-order valence-corrected chi connectivity index (χ4v) is 2.97. The molecule has 1 N–H and O–H groups in total. The normalized spacial score (nSPS) is 14.5. The van der Waals surface area contributed by atoms with E-state index in [1.54, 1.807) is 44.3 Å². The molecule has 0 unspecified atom stereocenters. The van der Waals surface area contributed by atoms with Crippen LogP contribution >= 0.6 is 0 Å². The maximum Gasteiger partial charge on any atom is 0.348 e. The first-order valence-electron chi connectivity index (χ1n) is 8.48. The van der Waals surface area contributed by atoms with Crippen molar-refractivity contribution in [2.45, 2.75) is 19.4 Å². The van der Waals surface area contributed by atoms with E-state index in [2.05, 4.69) is 10.3 Å². The second kappa shape index (κ2) is 7.39. The number of hydrogen-bond donors (Lipinski definition) is 1. The van der Waals surface area contributed by atoms with Gasteiger partial charge in [-0.2, -0.15) is 0 Å². The Hall–Kier alpha value is -3.15. The highest BCUT2D eigenvalue weighted by Gasteiger charge is 2.53. The predicted octanol–water partition coefficient (Wildman–Crippen LogP) is 2.50. The van der Waals surface area contributed by atoms with E-state index in [1.165, 1.54) is 0 Å². The van der Waals surface area contributed by atoms with Gasteiger partial charge in [-0.05, 0) is 37.6 Å². The largest absolute Gasteiger partial charge is 0.464 e. The summed E-state index contributed by atoms with van der Waals surface area (Å²) >= 11 is 0. The van der Waals surface area contributed by atoms with E-state index >= 15 is 0 Å². The van der Waals surface area contributed by atoms with Gasteiger partial charge in [0.15, 0.2) is 0 Å². The van der Waals surface area contributed by atoms with Crippen molar-refractivity contribution in [1.82, 2.24) is 10.3 Å². The standard InChI is InChI=1S/C20H20N2O4/c1-3-25-18(23)20(19(24)26-4-2)15-10-6-5-9-14(15)13-17(22-20)16-11-7-8-12-21-16/h5-13,22H,3-4H2,1-2H3. The fourth-order valence-electron chi connectivity index (χ4n) is 2.97. The summed E-state index contributed by atoms with van der Waals surface area (Å²) in [6.07, 6.45) is 3.50. The highest BCUT2D eigenvalue weighted by molar-refractivity contribution is 6.10. The number of nitrogens with one attached hydrogen (secondary N) is 1. The van der Waals surface area contributed by atoms with Crippen molar-refractivity contribution in [1.29, 1.82) is 0 Å². The number of pyridine rings is 1. The van der Waals surface area contributed by atoms with Crippen LogP contribution in [0.25, 0.3) is 11.8 Å². The van der Waals surface area contributed by atoms with Gasteiger partial charge in [0.2, 0.25) is 0 Å². The highest BCUT2D eigenvalue weighted by Crippen LogP contribution is 2.36. The number of ether oxygens (including phenoxy) is 2. The molecule has 134 valence electrons. The molecule has 0 saturated heterocycles. The average molecular weight is 352 g/mol. The fraction of sp³-hybridized carbons (Fsp3) is 0.250. The predicted molar refractivity (Wildman–Crippen MR) is 96.6 cm³/mol. The Morgan fingerprint density at radius 2 is 1.65 bits per heavy atom. The third-order valence-corrected chi connectivity index (χ3v) is 4.09. The van der Waals surface area contributed by atoms with Crippen molar-refractivity contribution in [3.8, 4) is 0 Å². The van der Waals surface area contributed by atoms with Crippen molar-refractivity contribution in [2.24, 2.45) is 0 Å².